The molecule has 0 spiro atoms. The number of nitrogens with two attached hydrogens (primary N) is 2. The number of nitrogens with one attached hydrogen (secondary N) is 1. The lowest BCUT2D eigenvalue weighted by Crippen LogP contribution is -2.60. The van der Waals surface area contributed by atoms with Gasteiger partial charge in [0, 0.05) is 6.07 Å². The van der Waals surface area contributed by atoms with Crippen LogP contribution in [0.4, 0.5) is 10.2 Å². The molecule has 0 radical (unpaired) electrons. The minimum atomic E-state index is -3.81. The summed E-state index contributed by atoms with van der Waals surface area (Å²) >= 11 is 0. The molecule has 1 aromatic heterocycles. The van der Waals surface area contributed by atoms with E-state index in [0.717, 1.165) is 4.57 Å². The van der Waals surface area contributed by atoms with Crippen molar-refractivity contribution in [3.63, 3.8) is 0 Å². The maximum atomic E-state index is 15.0. The highest BCUT2D eigenvalue weighted by Gasteiger charge is 2.62. The van der Waals surface area contributed by atoms with Gasteiger partial charge in [-0.2, -0.15) is 14.3 Å². The van der Waals surface area contributed by atoms with Crippen LogP contribution in [0.2, 0.25) is 0 Å². The van der Waals surface area contributed by atoms with Gasteiger partial charge in [0.05, 0.1) is 6.61 Å². The van der Waals surface area contributed by atoms with E-state index in [1.165, 1.54) is 19.2 Å². The minimum Gasteiger partial charge on any atom is -0.366 e. The quantitative estimate of drug-likeness (QED) is 0.462. The standard InChI is InChI=1S/C10H14FN4O5P/c1-10(11)7-5(4-18-21(13,17)20-7)19-8(10)15-3-2-6(12)14-9(15)16/h2-3,5,7-8H,4H2,1H3,(H4,12,13,14,16,17)/p+1. The Labute approximate surface area is 118 Å². The Kier molecular flexibility index (Phi) is 3.19. The van der Waals surface area contributed by atoms with Crippen LogP contribution in [0, 0.1) is 0 Å². The predicted octanol–water partition coefficient (Wildman–Crippen LogP) is -0.648. The third-order valence-corrected chi connectivity index (χ3v) is 4.54. The highest BCUT2D eigenvalue weighted by Crippen LogP contribution is 2.53. The summed E-state index contributed by atoms with van der Waals surface area (Å²) in [5.74, 6) is 0.137. The number of halogens is 1. The van der Waals surface area contributed by atoms with E-state index < -0.39 is 37.5 Å². The number of ether oxygens (including phenoxy) is 1. The summed E-state index contributed by atoms with van der Waals surface area (Å²) in [6.45, 7) is 1.01. The number of alkyl halides is 1. The third kappa shape index (κ3) is 2.39. The molecule has 2 aliphatic heterocycles. The highest BCUT2D eigenvalue weighted by atomic mass is 31.2. The number of aromatic amines is 1. The Morgan fingerprint density at radius 3 is 3.00 bits per heavy atom. The van der Waals surface area contributed by atoms with Crippen LogP contribution in [0.25, 0.3) is 0 Å². The summed E-state index contributed by atoms with van der Waals surface area (Å²) in [4.78, 5) is 14.2. The number of anilines is 1. The number of hydrogen-bond acceptors (Lipinski definition) is 6. The van der Waals surface area contributed by atoms with Crippen molar-refractivity contribution in [1.29, 1.82) is 0 Å². The van der Waals surface area contributed by atoms with Crippen molar-refractivity contribution in [2.75, 3.05) is 12.3 Å². The second kappa shape index (κ2) is 4.59. The van der Waals surface area contributed by atoms with E-state index in [1.807, 2.05) is 0 Å². The van der Waals surface area contributed by atoms with Gasteiger partial charge >= 0.3 is 13.4 Å². The van der Waals surface area contributed by atoms with Gasteiger partial charge in [-0.3, -0.25) is 9.05 Å². The predicted molar refractivity (Wildman–Crippen MR) is 67.7 cm³/mol. The first-order chi connectivity index (χ1) is 9.71. The van der Waals surface area contributed by atoms with Gasteiger partial charge < -0.3 is 10.5 Å². The Morgan fingerprint density at radius 1 is 1.62 bits per heavy atom. The number of nitrogen functional groups attached to an aromatic ring is 1. The molecule has 3 rings (SSSR count). The van der Waals surface area contributed by atoms with Crippen LogP contribution in [0.3, 0.4) is 0 Å². The smallest absolute Gasteiger partial charge is 0.366 e. The number of H-pyrrole nitrogens is 1. The van der Waals surface area contributed by atoms with Crippen molar-refractivity contribution in [2.45, 2.75) is 31.0 Å². The van der Waals surface area contributed by atoms with Gasteiger partial charge in [0.1, 0.15) is 18.4 Å². The van der Waals surface area contributed by atoms with Gasteiger partial charge in [0.15, 0.2) is 5.82 Å². The van der Waals surface area contributed by atoms with Crippen molar-refractivity contribution in [3.8, 4) is 0 Å². The van der Waals surface area contributed by atoms with E-state index in [2.05, 4.69) is 4.98 Å². The molecule has 0 amide bonds. The molecule has 1 aromatic rings. The van der Waals surface area contributed by atoms with Crippen molar-refractivity contribution in [3.05, 3.63) is 22.7 Å². The first-order valence-electron chi connectivity index (χ1n) is 6.16. The van der Waals surface area contributed by atoms with Crippen molar-refractivity contribution in [1.82, 2.24) is 4.98 Å². The molecule has 9 nitrogen and oxygen atoms in total. The lowest BCUT2D eigenvalue weighted by Gasteiger charge is -2.31. The van der Waals surface area contributed by atoms with E-state index in [9.17, 15) is 9.36 Å². The zero-order chi connectivity index (χ0) is 15.4. The molecule has 11 heteroatoms. The minimum absolute atomic E-state index is 0.137. The molecule has 21 heavy (non-hydrogen) atoms. The fraction of sp³-hybridized carbons (Fsp3) is 0.600. The molecule has 0 aromatic carbocycles. The summed E-state index contributed by atoms with van der Waals surface area (Å²) < 4.78 is 43.0. The molecule has 2 fully saturated rings. The van der Waals surface area contributed by atoms with Gasteiger partial charge in [-0.1, -0.05) is 0 Å². The van der Waals surface area contributed by atoms with Gasteiger partial charge in [-0.25, -0.2) is 14.5 Å². The fourth-order valence-electron chi connectivity index (χ4n) is 2.52. The van der Waals surface area contributed by atoms with E-state index in [-0.39, 0.29) is 12.4 Å². The topological polar surface area (TPSA) is 134 Å². The first kappa shape index (κ1) is 14.6. The molecule has 0 bridgehead atoms. The number of nitrogens with zero attached hydrogens (tertiary/aromatic N) is 1. The molecule has 5 atom stereocenters. The SMILES string of the molecule is CC1(F)C2OP(N)(=O)OCC2OC1[n+]1ccc(N)[nH]c1=O. The number of fused-ring (bicyclic) bond motifs is 1. The Bertz CT molecular complexity index is 680. The maximum Gasteiger partial charge on any atom is 0.499 e. The van der Waals surface area contributed by atoms with Crippen LogP contribution in [0.1, 0.15) is 13.2 Å². The summed E-state index contributed by atoms with van der Waals surface area (Å²) in [6.07, 6.45) is -1.99. The van der Waals surface area contributed by atoms with E-state index in [1.54, 1.807) is 0 Å². The maximum absolute atomic E-state index is 15.0. The lowest BCUT2D eigenvalue weighted by molar-refractivity contribution is -0.783. The lowest BCUT2D eigenvalue weighted by atomic mass is 9.98. The van der Waals surface area contributed by atoms with Crippen LogP contribution in [-0.2, 0) is 18.3 Å². The highest BCUT2D eigenvalue weighted by molar-refractivity contribution is 7.51. The molecule has 0 saturated carbocycles. The van der Waals surface area contributed by atoms with Crippen molar-refractivity contribution < 1.29 is 27.3 Å². The van der Waals surface area contributed by atoms with Crippen LogP contribution in [-0.4, -0.2) is 29.5 Å². The Morgan fingerprint density at radius 2 is 2.33 bits per heavy atom. The van der Waals surface area contributed by atoms with Gasteiger partial charge in [0.25, 0.3) is 0 Å². The molecule has 116 valence electrons. The summed E-state index contributed by atoms with van der Waals surface area (Å²) in [5.41, 5.74) is 7.96. The third-order valence-electron chi connectivity index (χ3n) is 3.51. The van der Waals surface area contributed by atoms with Crippen LogP contribution < -0.4 is 21.5 Å². The zero-order valence-corrected chi connectivity index (χ0v) is 12.0. The molecule has 5 unspecified atom stereocenters. The molecular weight excluding hydrogens is 306 g/mol. The van der Waals surface area contributed by atoms with Crippen LogP contribution in [0.5, 0.6) is 0 Å². The van der Waals surface area contributed by atoms with E-state index in [4.69, 9.17) is 25.0 Å². The number of rotatable bonds is 1. The summed E-state index contributed by atoms with van der Waals surface area (Å²) in [6, 6.07) is 1.40. The largest absolute Gasteiger partial charge is 0.499 e. The van der Waals surface area contributed by atoms with Gasteiger partial charge in [-0.05, 0) is 6.92 Å². The van der Waals surface area contributed by atoms with Crippen molar-refractivity contribution >= 4 is 13.6 Å². The average molecular weight is 321 g/mol. The van der Waals surface area contributed by atoms with Gasteiger partial charge in [0.2, 0.25) is 11.9 Å². The normalized spacial score (nSPS) is 42.7. The Balaban J connectivity index is 1.98. The van der Waals surface area contributed by atoms with E-state index >= 15 is 4.39 Å². The number of aromatic nitrogens is 2. The van der Waals surface area contributed by atoms with Crippen LogP contribution >= 0.6 is 7.75 Å². The van der Waals surface area contributed by atoms with Crippen LogP contribution in [0.15, 0.2) is 17.1 Å². The van der Waals surface area contributed by atoms with Crippen molar-refractivity contribution in [2.24, 2.45) is 5.50 Å². The molecule has 3 heterocycles. The zero-order valence-electron chi connectivity index (χ0n) is 11.1. The second-order valence-corrected chi connectivity index (χ2v) is 6.70. The Hall–Kier alpha value is -1.32. The number of hydrogen-bond donors (Lipinski definition) is 3. The average Bonchev–Trinajstić information content (AvgIpc) is 2.61. The van der Waals surface area contributed by atoms with E-state index in [0.29, 0.717) is 0 Å². The second-order valence-electron chi connectivity index (χ2n) is 5.15. The molecule has 5 N–H and O–H groups in total. The molecule has 0 aliphatic carbocycles. The monoisotopic (exact) mass is 321 g/mol. The summed E-state index contributed by atoms with van der Waals surface area (Å²) in [7, 11) is -3.81. The molecular formula is C10H15FN4O5P+. The molecule has 2 aliphatic rings. The first-order valence-corrected chi connectivity index (χ1v) is 7.78. The fourth-order valence-corrected chi connectivity index (χ4v) is 3.59. The molecule has 2 saturated heterocycles. The summed E-state index contributed by atoms with van der Waals surface area (Å²) in [5, 5.41) is 0. The van der Waals surface area contributed by atoms with Gasteiger partial charge in [-0.15, -0.1) is 0 Å².